The van der Waals surface area contributed by atoms with E-state index in [2.05, 4.69) is 21.7 Å². The van der Waals surface area contributed by atoms with Crippen molar-refractivity contribution < 1.29 is 24.2 Å². The smallest absolute Gasteiger partial charge is 0.409 e. The Labute approximate surface area is 306 Å². The van der Waals surface area contributed by atoms with E-state index >= 15 is 0 Å². The van der Waals surface area contributed by atoms with E-state index in [-0.39, 0.29) is 6.09 Å². The summed E-state index contributed by atoms with van der Waals surface area (Å²) < 4.78 is 14.1. The fourth-order valence-electron chi connectivity index (χ4n) is 7.81. The highest BCUT2D eigenvalue weighted by Crippen LogP contribution is 2.45. The normalized spacial score (nSPS) is 18.2. The summed E-state index contributed by atoms with van der Waals surface area (Å²) in [6, 6.07) is 12.0. The average Bonchev–Trinajstić information content (AvgIpc) is 3.84. The lowest BCUT2D eigenvalue weighted by atomic mass is 9.88. The van der Waals surface area contributed by atoms with Gasteiger partial charge >= 0.3 is 12.1 Å². The Morgan fingerprint density at radius 3 is 2.45 bits per heavy atom. The minimum absolute atomic E-state index is 0.240. The lowest BCUT2D eigenvalue weighted by Crippen LogP contribution is -2.43. The van der Waals surface area contributed by atoms with Crippen molar-refractivity contribution >= 4 is 56.3 Å². The first-order chi connectivity index (χ1) is 24.3. The van der Waals surface area contributed by atoms with Gasteiger partial charge in [0.05, 0.1) is 22.9 Å². The summed E-state index contributed by atoms with van der Waals surface area (Å²) in [6.45, 7) is 11.0. The molecule has 0 spiro atoms. The molecule has 2 atom stereocenters. The van der Waals surface area contributed by atoms with Crippen molar-refractivity contribution in [1.29, 1.82) is 0 Å². The molecule has 0 bridgehead atoms. The Morgan fingerprint density at radius 1 is 1.06 bits per heavy atom. The molecule has 268 valence electrons. The fraction of sp³-hybridized carbons (Fsp3) is 0.436. The van der Waals surface area contributed by atoms with E-state index in [1.807, 2.05) is 71.3 Å². The van der Waals surface area contributed by atoms with Crippen molar-refractivity contribution in [3.05, 3.63) is 70.5 Å². The third-order valence-corrected chi connectivity index (χ3v) is 11.6. The number of ether oxygens (including phenoxy) is 2. The van der Waals surface area contributed by atoms with Gasteiger partial charge in [-0.1, -0.05) is 23.7 Å². The first kappa shape index (κ1) is 35.4. The topological polar surface area (TPSA) is 110 Å². The number of fused-ring (bicyclic) bond motifs is 2. The number of thiazole rings is 1. The number of hydrogen-bond acceptors (Lipinski definition) is 8. The van der Waals surface area contributed by atoms with E-state index in [0.29, 0.717) is 22.5 Å². The second kappa shape index (κ2) is 13.8. The number of aryl methyl sites for hydroxylation is 2. The summed E-state index contributed by atoms with van der Waals surface area (Å²) in [6.07, 6.45) is 5.74. The molecule has 2 aliphatic heterocycles. The Morgan fingerprint density at radius 2 is 1.78 bits per heavy atom. The number of methoxy groups -OCH3 is 1. The van der Waals surface area contributed by atoms with E-state index in [1.54, 1.807) is 4.90 Å². The maximum Gasteiger partial charge on any atom is 0.409 e. The summed E-state index contributed by atoms with van der Waals surface area (Å²) in [7, 11) is 3.49. The van der Waals surface area contributed by atoms with Gasteiger partial charge in [-0.3, -0.25) is 4.90 Å². The number of aliphatic carboxylic acids is 1. The minimum Gasteiger partial charge on any atom is -0.479 e. The molecule has 0 unspecified atom stereocenters. The number of amides is 1. The van der Waals surface area contributed by atoms with Crippen LogP contribution in [0.15, 0.2) is 48.8 Å². The van der Waals surface area contributed by atoms with Gasteiger partial charge in [-0.05, 0) is 107 Å². The van der Waals surface area contributed by atoms with E-state index in [4.69, 9.17) is 31.0 Å². The molecule has 0 saturated carbocycles. The number of piperidine rings is 1. The van der Waals surface area contributed by atoms with Gasteiger partial charge in [0.1, 0.15) is 10.7 Å². The first-order valence-corrected chi connectivity index (χ1v) is 18.6. The summed E-state index contributed by atoms with van der Waals surface area (Å²) in [5.74, 6) is -0.649. The molecular weight excluding hydrogens is 686 g/mol. The third kappa shape index (κ3) is 6.96. The molecular formula is C39H44ClN5O5S. The second-order valence-corrected chi connectivity index (χ2v) is 16.2. The maximum atomic E-state index is 12.8. The Balaban J connectivity index is 1.24. The van der Waals surface area contributed by atoms with Crippen molar-refractivity contribution in [2.75, 3.05) is 33.3 Å². The summed E-state index contributed by atoms with van der Waals surface area (Å²) in [5, 5.41) is 13.0. The van der Waals surface area contributed by atoms with Gasteiger partial charge in [-0.25, -0.2) is 19.6 Å². The number of benzene rings is 2. The number of carbonyl (C=O) groups excluding carboxylic acids is 1. The largest absolute Gasteiger partial charge is 0.479 e. The molecule has 2 aliphatic rings. The number of carboxylic acids is 1. The van der Waals surface area contributed by atoms with Crippen LogP contribution < -0.4 is 0 Å². The number of carbonyl (C=O) groups is 2. The van der Waals surface area contributed by atoms with E-state index < -0.39 is 17.7 Å². The molecule has 0 aliphatic carbocycles. The van der Waals surface area contributed by atoms with Crippen LogP contribution in [0.3, 0.4) is 0 Å². The number of nitrogens with zero attached hydrogens (tertiary/aromatic N) is 5. The highest BCUT2D eigenvalue weighted by atomic mass is 35.5. The molecule has 1 N–H and O–H groups in total. The molecule has 3 aromatic heterocycles. The molecule has 1 amide bonds. The molecule has 2 fully saturated rings. The second-order valence-electron chi connectivity index (χ2n) is 14.8. The number of carboxylic acid groups (broad SMARTS) is 1. The number of rotatable bonds is 7. The average molecular weight is 730 g/mol. The van der Waals surface area contributed by atoms with Crippen LogP contribution in [0.4, 0.5) is 4.79 Å². The van der Waals surface area contributed by atoms with Crippen molar-refractivity contribution in [2.24, 2.45) is 7.05 Å². The fourth-order valence-corrected chi connectivity index (χ4v) is 9.04. The zero-order chi connectivity index (χ0) is 36.2. The number of halogens is 1. The lowest BCUT2D eigenvalue weighted by Gasteiger charge is -2.35. The molecule has 12 heteroatoms. The predicted octanol–water partition coefficient (Wildman–Crippen LogP) is 8.44. The summed E-state index contributed by atoms with van der Waals surface area (Å²) in [4.78, 5) is 39.2. The third-order valence-electron chi connectivity index (χ3n) is 10.2. The number of pyridine rings is 1. The van der Waals surface area contributed by atoms with Crippen LogP contribution in [0.25, 0.3) is 42.9 Å². The molecule has 10 nitrogen and oxygen atoms in total. The van der Waals surface area contributed by atoms with Crippen molar-refractivity contribution in [3.8, 4) is 21.7 Å². The van der Waals surface area contributed by atoms with Gasteiger partial charge in [-0.2, -0.15) is 0 Å². The summed E-state index contributed by atoms with van der Waals surface area (Å²) >= 11 is 7.83. The van der Waals surface area contributed by atoms with Gasteiger partial charge in [0.15, 0.2) is 6.10 Å². The Hall–Kier alpha value is -4.03. The number of aromatic nitrogens is 3. The number of likely N-dealkylation sites (tertiary alicyclic amines) is 2. The van der Waals surface area contributed by atoms with Crippen LogP contribution in [0, 0.1) is 6.92 Å². The molecule has 2 aromatic carbocycles. The molecule has 5 aromatic rings. The lowest BCUT2D eigenvalue weighted by molar-refractivity contribution is -0.160. The van der Waals surface area contributed by atoms with Crippen LogP contribution >= 0.6 is 22.9 Å². The van der Waals surface area contributed by atoms with Gasteiger partial charge in [0.2, 0.25) is 0 Å². The monoisotopic (exact) mass is 729 g/mol. The van der Waals surface area contributed by atoms with E-state index in [9.17, 15) is 14.7 Å². The maximum absolute atomic E-state index is 12.8. The van der Waals surface area contributed by atoms with Crippen LogP contribution in [0.5, 0.6) is 0 Å². The van der Waals surface area contributed by atoms with Crippen molar-refractivity contribution in [3.63, 3.8) is 0 Å². The van der Waals surface area contributed by atoms with Crippen LogP contribution in [0.2, 0.25) is 5.02 Å². The van der Waals surface area contributed by atoms with Crippen LogP contribution in [-0.4, -0.2) is 86.4 Å². The van der Waals surface area contributed by atoms with Crippen molar-refractivity contribution in [2.45, 2.75) is 70.6 Å². The van der Waals surface area contributed by atoms with Crippen LogP contribution in [-0.2, 0) is 21.3 Å². The molecule has 5 heterocycles. The van der Waals surface area contributed by atoms with Gasteiger partial charge in [0.25, 0.3) is 0 Å². The number of hydrogen-bond donors (Lipinski definition) is 1. The van der Waals surface area contributed by atoms with Gasteiger partial charge < -0.3 is 24.0 Å². The highest BCUT2D eigenvalue weighted by molar-refractivity contribution is 7.22. The van der Waals surface area contributed by atoms with Gasteiger partial charge in [0, 0.05) is 65.7 Å². The molecule has 0 radical (unpaired) electrons. The highest BCUT2D eigenvalue weighted by Gasteiger charge is 2.35. The van der Waals surface area contributed by atoms with E-state index in [0.717, 1.165) is 94.0 Å². The summed E-state index contributed by atoms with van der Waals surface area (Å²) in [5.41, 5.74) is 6.31. The molecule has 2 saturated heterocycles. The Bertz CT molecular complexity index is 2110. The van der Waals surface area contributed by atoms with Crippen molar-refractivity contribution in [1.82, 2.24) is 24.3 Å². The van der Waals surface area contributed by atoms with Gasteiger partial charge in [-0.15, -0.1) is 11.3 Å². The Kier molecular flexibility index (Phi) is 9.60. The standard InChI is InChI=1S/C39H44ClN5O5S/c1-22-17-30-34(32(24-7-9-26(40)10-8-24)31(22)33(37(46)47)50-39(2,3)4)51-36(42-30)25-18-28-29(21-43(5)35(28)41-19-25)23-11-14-44(15-12-23)27-13-16-45(20-27)38(48)49-6/h7-10,17-19,21,23,27,33H,11-16,20H2,1-6H3,(H,46,47)/t27-,33-/m0/s1. The zero-order valence-electron chi connectivity index (χ0n) is 29.9. The quantitative estimate of drug-likeness (QED) is 0.178. The van der Waals surface area contributed by atoms with Crippen LogP contribution in [0.1, 0.15) is 68.7 Å². The predicted molar refractivity (Wildman–Crippen MR) is 202 cm³/mol. The SMILES string of the molecule is COC(=O)N1CC[C@H](N2CCC(c3cn(C)c4ncc(-c5nc6cc(C)c([C@H](OC(C)(C)C)C(=O)O)c(-c7ccc(Cl)cc7)c6s5)cc34)CC2)C1. The van der Waals surface area contributed by atoms with E-state index in [1.165, 1.54) is 24.0 Å². The zero-order valence-corrected chi connectivity index (χ0v) is 31.5. The molecule has 7 rings (SSSR count). The minimum atomic E-state index is -1.18. The first-order valence-electron chi connectivity index (χ1n) is 17.4. The molecule has 51 heavy (non-hydrogen) atoms.